The standard InChI is InChI=1S/C15H33N3O4S/c1-4-7-9-16-12-14(19)13-17-15(20)8-11-23(21,22)18(6-3)10-5-2/h14,16,19H,4-13H2,1-3H3,(H,17,20). The molecule has 0 aromatic heterocycles. The van der Waals surface area contributed by atoms with Crippen LogP contribution >= 0.6 is 0 Å². The maximum Gasteiger partial charge on any atom is 0.221 e. The van der Waals surface area contributed by atoms with Gasteiger partial charge in [0, 0.05) is 32.6 Å². The van der Waals surface area contributed by atoms with Crippen LogP contribution in [-0.2, 0) is 14.8 Å². The fourth-order valence-electron chi connectivity index (χ4n) is 2.06. The van der Waals surface area contributed by atoms with E-state index in [2.05, 4.69) is 17.6 Å². The van der Waals surface area contributed by atoms with Gasteiger partial charge < -0.3 is 15.7 Å². The number of hydrogen-bond acceptors (Lipinski definition) is 5. The predicted octanol–water partition coefficient (Wildman–Crippen LogP) is 0.305. The molecule has 0 saturated carbocycles. The minimum absolute atomic E-state index is 0.0848. The van der Waals surface area contributed by atoms with Gasteiger partial charge in [-0.25, -0.2) is 12.7 Å². The maximum atomic E-state index is 12.1. The fourth-order valence-corrected chi connectivity index (χ4v) is 3.61. The third-order valence-corrected chi connectivity index (χ3v) is 5.38. The second-order valence-electron chi connectivity index (χ2n) is 5.57. The topological polar surface area (TPSA) is 98.7 Å². The molecule has 0 heterocycles. The van der Waals surface area contributed by atoms with E-state index in [9.17, 15) is 18.3 Å². The van der Waals surface area contributed by atoms with Crippen molar-refractivity contribution in [3.05, 3.63) is 0 Å². The van der Waals surface area contributed by atoms with E-state index in [1.807, 2.05) is 6.92 Å². The van der Waals surface area contributed by atoms with Crippen molar-refractivity contribution < 1.29 is 18.3 Å². The molecule has 0 aliphatic rings. The van der Waals surface area contributed by atoms with Crippen molar-refractivity contribution in [2.24, 2.45) is 0 Å². The molecule has 0 aliphatic heterocycles. The molecule has 0 spiro atoms. The first-order chi connectivity index (χ1) is 10.9. The summed E-state index contributed by atoms with van der Waals surface area (Å²) in [6.45, 7) is 8.07. The highest BCUT2D eigenvalue weighted by molar-refractivity contribution is 7.89. The largest absolute Gasteiger partial charge is 0.390 e. The quantitative estimate of drug-likeness (QED) is 0.391. The van der Waals surface area contributed by atoms with E-state index in [1.165, 1.54) is 4.31 Å². The summed E-state index contributed by atoms with van der Waals surface area (Å²) in [4.78, 5) is 11.7. The van der Waals surface area contributed by atoms with E-state index in [1.54, 1.807) is 6.92 Å². The average molecular weight is 352 g/mol. The molecule has 1 unspecified atom stereocenters. The van der Waals surface area contributed by atoms with Gasteiger partial charge in [0.15, 0.2) is 0 Å². The normalized spacial score (nSPS) is 13.3. The number of aliphatic hydroxyl groups is 1. The number of nitrogens with zero attached hydrogens (tertiary/aromatic N) is 1. The van der Waals surface area contributed by atoms with Crippen LogP contribution in [0.1, 0.15) is 46.5 Å². The number of rotatable bonds is 14. The molecular weight excluding hydrogens is 318 g/mol. The zero-order chi connectivity index (χ0) is 17.7. The number of carbonyl (C=O) groups is 1. The summed E-state index contributed by atoms with van der Waals surface area (Å²) in [7, 11) is -3.39. The molecular formula is C15H33N3O4S. The molecule has 8 heteroatoms. The summed E-state index contributed by atoms with van der Waals surface area (Å²) in [5, 5.41) is 15.4. The Kier molecular flexibility index (Phi) is 12.3. The minimum atomic E-state index is -3.39. The zero-order valence-corrected chi connectivity index (χ0v) is 15.5. The number of unbranched alkanes of at least 4 members (excludes halogenated alkanes) is 1. The van der Waals surface area contributed by atoms with Gasteiger partial charge >= 0.3 is 0 Å². The van der Waals surface area contributed by atoms with E-state index in [0.29, 0.717) is 19.6 Å². The lowest BCUT2D eigenvalue weighted by atomic mass is 10.3. The number of sulfonamides is 1. The van der Waals surface area contributed by atoms with E-state index in [-0.39, 0.29) is 24.6 Å². The Hall–Kier alpha value is -0.700. The van der Waals surface area contributed by atoms with E-state index in [4.69, 9.17) is 0 Å². The van der Waals surface area contributed by atoms with Crippen LogP contribution in [0.4, 0.5) is 0 Å². The number of nitrogens with one attached hydrogen (secondary N) is 2. The molecule has 0 aliphatic carbocycles. The third-order valence-electron chi connectivity index (χ3n) is 3.43. The molecule has 0 aromatic rings. The van der Waals surface area contributed by atoms with Crippen molar-refractivity contribution in [1.29, 1.82) is 0 Å². The molecule has 0 rings (SSSR count). The Balaban J connectivity index is 4.01. The Bertz CT molecular complexity index is 415. The molecule has 0 radical (unpaired) electrons. The van der Waals surface area contributed by atoms with Crippen LogP contribution in [0.15, 0.2) is 0 Å². The second-order valence-corrected chi connectivity index (χ2v) is 7.66. The molecule has 0 bridgehead atoms. The summed E-state index contributed by atoms with van der Waals surface area (Å²) in [6.07, 6.45) is 2.12. The van der Waals surface area contributed by atoms with Crippen molar-refractivity contribution in [2.45, 2.75) is 52.6 Å². The monoisotopic (exact) mass is 351 g/mol. The van der Waals surface area contributed by atoms with Gasteiger partial charge in [0.1, 0.15) is 0 Å². The molecule has 138 valence electrons. The van der Waals surface area contributed by atoms with Gasteiger partial charge in [0.25, 0.3) is 0 Å². The highest BCUT2D eigenvalue weighted by Crippen LogP contribution is 2.04. The molecule has 23 heavy (non-hydrogen) atoms. The maximum absolute atomic E-state index is 12.1. The first-order valence-electron chi connectivity index (χ1n) is 8.50. The summed E-state index contributed by atoms with van der Waals surface area (Å²) in [6, 6.07) is 0. The lowest BCUT2D eigenvalue weighted by molar-refractivity contribution is -0.121. The molecule has 7 nitrogen and oxygen atoms in total. The van der Waals surface area contributed by atoms with Crippen molar-refractivity contribution in [2.75, 3.05) is 38.5 Å². The fraction of sp³-hybridized carbons (Fsp3) is 0.933. The minimum Gasteiger partial charge on any atom is -0.390 e. The molecule has 0 fully saturated rings. The van der Waals surface area contributed by atoms with Gasteiger partial charge in [-0.15, -0.1) is 0 Å². The first-order valence-corrected chi connectivity index (χ1v) is 10.1. The van der Waals surface area contributed by atoms with Gasteiger partial charge in [-0.05, 0) is 19.4 Å². The molecule has 1 amide bonds. The summed E-state index contributed by atoms with van der Waals surface area (Å²) in [5.41, 5.74) is 0. The third kappa shape index (κ3) is 10.6. The number of amides is 1. The first kappa shape index (κ1) is 22.3. The highest BCUT2D eigenvalue weighted by atomic mass is 32.2. The van der Waals surface area contributed by atoms with Crippen LogP contribution in [0.25, 0.3) is 0 Å². The second kappa shape index (κ2) is 12.7. The van der Waals surface area contributed by atoms with Gasteiger partial charge in [-0.1, -0.05) is 27.2 Å². The van der Waals surface area contributed by atoms with Crippen molar-refractivity contribution in [1.82, 2.24) is 14.9 Å². The van der Waals surface area contributed by atoms with Crippen LogP contribution in [0.5, 0.6) is 0 Å². The van der Waals surface area contributed by atoms with Crippen molar-refractivity contribution >= 4 is 15.9 Å². The molecule has 0 saturated heterocycles. The van der Waals surface area contributed by atoms with Gasteiger partial charge in [0.2, 0.25) is 15.9 Å². The Labute approximate surface area is 140 Å². The Morgan fingerprint density at radius 2 is 1.87 bits per heavy atom. The van der Waals surface area contributed by atoms with E-state index < -0.39 is 16.1 Å². The van der Waals surface area contributed by atoms with Crippen LogP contribution in [0, 0.1) is 0 Å². The van der Waals surface area contributed by atoms with Crippen molar-refractivity contribution in [3.63, 3.8) is 0 Å². The van der Waals surface area contributed by atoms with Gasteiger partial charge in [-0.2, -0.15) is 0 Å². The number of carbonyl (C=O) groups excluding carboxylic acids is 1. The number of hydrogen-bond donors (Lipinski definition) is 3. The van der Waals surface area contributed by atoms with Crippen LogP contribution < -0.4 is 10.6 Å². The highest BCUT2D eigenvalue weighted by Gasteiger charge is 2.20. The summed E-state index contributed by atoms with van der Waals surface area (Å²) >= 11 is 0. The van der Waals surface area contributed by atoms with E-state index in [0.717, 1.165) is 25.8 Å². The average Bonchev–Trinajstić information content (AvgIpc) is 2.52. The van der Waals surface area contributed by atoms with Gasteiger partial charge in [0.05, 0.1) is 11.9 Å². The van der Waals surface area contributed by atoms with Gasteiger partial charge in [-0.3, -0.25) is 4.79 Å². The Morgan fingerprint density at radius 3 is 2.43 bits per heavy atom. The predicted molar refractivity (Wildman–Crippen MR) is 92.7 cm³/mol. The molecule has 3 N–H and O–H groups in total. The SMILES string of the molecule is CCCCNCC(O)CNC(=O)CCS(=O)(=O)N(CC)CCC. The Morgan fingerprint density at radius 1 is 1.17 bits per heavy atom. The summed E-state index contributed by atoms with van der Waals surface area (Å²) in [5.74, 6) is -0.550. The van der Waals surface area contributed by atoms with Crippen LogP contribution in [-0.4, -0.2) is 68.3 Å². The molecule has 0 aromatic carbocycles. The smallest absolute Gasteiger partial charge is 0.221 e. The lowest BCUT2D eigenvalue weighted by Crippen LogP contribution is -2.40. The number of aliphatic hydroxyl groups excluding tert-OH is 1. The lowest BCUT2D eigenvalue weighted by Gasteiger charge is -2.19. The van der Waals surface area contributed by atoms with Crippen molar-refractivity contribution in [3.8, 4) is 0 Å². The van der Waals surface area contributed by atoms with Crippen LogP contribution in [0.2, 0.25) is 0 Å². The van der Waals surface area contributed by atoms with Crippen LogP contribution in [0.3, 0.4) is 0 Å². The molecule has 1 atom stereocenters. The zero-order valence-electron chi connectivity index (χ0n) is 14.7. The van der Waals surface area contributed by atoms with E-state index >= 15 is 0 Å². The summed E-state index contributed by atoms with van der Waals surface area (Å²) < 4.78 is 25.6.